The lowest BCUT2D eigenvalue weighted by Gasteiger charge is -2.11. The van der Waals surface area contributed by atoms with Gasteiger partial charge in [-0.2, -0.15) is 0 Å². The van der Waals surface area contributed by atoms with Crippen molar-refractivity contribution >= 4 is 21.5 Å². The first-order chi connectivity index (χ1) is 12.0. The average molecular weight is 355 g/mol. The van der Waals surface area contributed by atoms with E-state index in [4.69, 9.17) is 9.88 Å². The van der Waals surface area contributed by atoms with Crippen LogP contribution in [0.3, 0.4) is 0 Å². The van der Waals surface area contributed by atoms with Crippen molar-refractivity contribution in [2.45, 2.75) is 4.90 Å². The number of hydrogen-bond acceptors (Lipinski definition) is 5. The summed E-state index contributed by atoms with van der Waals surface area (Å²) in [5, 5.41) is 8.26. The topological polar surface area (TPSA) is 94.3 Å². The molecule has 0 fully saturated rings. The Kier molecular flexibility index (Phi) is 4.69. The summed E-state index contributed by atoms with van der Waals surface area (Å²) in [6.07, 6.45) is 1.67. The number of anilines is 2. The second kappa shape index (κ2) is 6.92. The van der Waals surface area contributed by atoms with Crippen LogP contribution in [-0.2, 0) is 10.0 Å². The second-order valence-corrected chi connectivity index (χ2v) is 6.89. The number of para-hydroxylation sites is 1. The van der Waals surface area contributed by atoms with E-state index in [-0.39, 0.29) is 4.90 Å². The molecule has 1 heterocycles. The van der Waals surface area contributed by atoms with Gasteiger partial charge in [-0.25, -0.2) is 18.5 Å². The maximum absolute atomic E-state index is 11.5. The summed E-state index contributed by atoms with van der Waals surface area (Å²) in [5.41, 5.74) is 2.45. The predicted octanol–water partition coefficient (Wildman–Crippen LogP) is 3.15. The van der Waals surface area contributed by atoms with Gasteiger partial charge in [0, 0.05) is 17.4 Å². The lowest BCUT2D eigenvalue weighted by Crippen LogP contribution is -2.12. The summed E-state index contributed by atoms with van der Waals surface area (Å²) in [6.45, 7) is 0. The van der Waals surface area contributed by atoms with Crippen molar-refractivity contribution in [1.82, 2.24) is 4.98 Å². The number of nitrogens with one attached hydrogen (secondary N) is 1. The van der Waals surface area contributed by atoms with E-state index < -0.39 is 10.0 Å². The van der Waals surface area contributed by atoms with E-state index in [0.717, 1.165) is 16.9 Å². The van der Waals surface area contributed by atoms with Gasteiger partial charge in [-0.15, -0.1) is 0 Å². The highest BCUT2D eigenvalue weighted by atomic mass is 32.2. The lowest BCUT2D eigenvalue weighted by molar-refractivity contribution is 0.416. The third-order valence-corrected chi connectivity index (χ3v) is 4.52. The van der Waals surface area contributed by atoms with E-state index in [1.165, 1.54) is 12.1 Å². The van der Waals surface area contributed by atoms with Crippen LogP contribution >= 0.6 is 0 Å². The number of rotatable bonds is 5. The number of methoxy groups -OCH3 is 1. The predicted molar refractivity (Wildman–Crippen MR) is 97.3 cm³/mol. The molecule has 0 radical (unpaired) electrons. The Morgan fingerprint density at radius 3 is 2.60 bits per heavy atom. The largest absolute Gasteiger partial charge is 0.496 e. The monoisotopic (exact) mass is 355 g/mol. The zero-order valence-electron chi connectivity index (χ0n) is 13.5. The first kappa shape index (κ1) is 16.9. The minimum Gasteiger partial charge on any atom is -0.496 e. The van der Waals surface area contributed by atoms with E-state index in [9.17, 15) is 8.42 Å². The van der Waals surface area contributed by atoms with Gasteiger partial charge in [0.25, 0.3) is 0 Å². The van der Waals surface area contributed by atoms with Gasteiger partial charge >= 0.3 is 0 Å². The number of primary sulfonamides is 1. The smallest absolute Gasteiger partial charge is 0.238 e. The molecule has 3 rings (SSSR count). The lowest BCUT2D eigenvalue weighted by atomic mass is 10.1. The Balaban J connectivity index is 1.93. The molecule has 25 heavy (non-hydrogen) atoms. The molecule has 0 atom stereocenters. The number of hydrogen-bond donors (Lipinski definition) is 2. The fraction of sp³-hybridized carbons (Fsp3) is 0.0556. The molecule has 0 aliphatic carbocycles. The molecule has 0 saturated carbocycles. The van der Waals surface area contributed by atoms with Crippen molar-refractivity contribution in [3.63, 3.8) is 0 Å². The van der Waals surface area contributed by atoms with Gasteiger partial charge < -0.3 is 10.1 Å². The molecule has 7 heteroatoms. The van der Waals surface area contributed by atoms with Crippen LogP contribution < -0.4 is 15.2 Å². The van der Waals surface area contributed by atoms with Gasteiger partial charge in [0.1, 0.15) is 11.6 Å². The Morgan fingerprint density at radius 2 is 1.84 bits per heavy atom. The first-order valence-electron chi connectivity index (χ1n) is 7.47. The second-order valence-electron chi connectivity index (χ2n) is 5.33. The van der Waals surface area contributed by atoms with Crippen LogP contribution in [0.2, 0.25) is 0 Å². The van der Waals surface area contributed by atoms with Gasteiger partial charge in [0.2, 0.25) is 10.0 Å². The number of aromatic nitrogens is 1. The summed E-state index contributed by atoms with van der Waals surface area (Å²) >= 11 is 0. The maximum atomic E-state index is 11.5. The normalized spacial score (nSPS) is 11.1. The standard InChI is InChI=1S/C18H17N3O3S/c1-24-17-8-3-2-7-16(17)13-9-10-20-18(11-13)21-14-5-4-6-15(12-14)25(19,22)23/h2-12H,1H3,(H,20,21)(H2,19,22,23). The first-order valence-corrected chi connectivity index (χ1v) is 9.01. The molecule has 2 aromatic carbocycles. The van der Waals surface area contributed by atoms with Crippen LogP contribution in [0.5, 0.6) is 5.75 Å². The molecule has 0 saturated heterocycles. The average Bonchev–Trinajstić information content (AvgIpc) is 2.61. The summed E-state index contributed by atoms with van der Waals surface area (Å²) in [4.78, 5) is 4.32. The summed E-state index contributed by atoms with van der Waals surface area (Å²) in [6, 6.07) is 17.7. The zero-order chi connectivity index (χ0) is 17.9. The van der Waals surface area contributed by atoms with Crippen molar-refractivity contribution < 1.29 is 13.2 Å². The third-order valence-electron chi connectivity index (χ3n) is 3.61. The van der Waals surface area contributed by atoms with Gasteiger partial charge in [-0.3, -0.25) is 0 Å². The number of pyridine rings is 1. The van der Waals surface area contributed by atoms with E-state index in [1.807, 2.05) is 36.4 Å². The van der Waals surface area contributed by atoms with Crippen molar-refractivity contribution in [2.75, 3.05) is 12.4 Å². The van der Waals surface area contributed by atoms with Crippen molar-refractivity contribution in [2.24, 2.45) is 5.14 Å². The number of benzene rings is 2. The minimum atomic E-state index is -3.75. The Labute approximate surface area is 146 Å². The Morgan fingerprint density at radius 1 is 1.04 bits per heavy atom. The number of nitrogens with two attached hydrogens (primary N) is 1. The molecule has 0 spiro atoms. The van der Waals surface area contributed by atoms with Crippen LogP contribution in [0, 0.1) is 0 Å². The number of nitrogens with zero attached hydrogens (tertiary/aromatic N) is 1. The highest BCUT2D eigenvalue weighted by molar-refractivity contribution is 7.89. The van der Waals surface area contributed by atoms with Gasteiger partial charge in [0.05, 0.1) is 12.0 Å². The van der Waals surface area contributed by atoms with Crippen molar-refractivity contribution in [3.05, 3.63) is 66.9 Å². The maximum Gasteiger partial charge on any atom is 0.238 e. The molecule has 6 nitrogen and oxygen atoms in total. The highest BCUT2D eigenvalue weighted by Gasteiger charge is 2.09. The van der Waals surface area contributed by atoms with Crippen LogP contribution in [0.15, 0.2) is 71.8 Å². The minimum absolute atomic E-state index is 0.0402. The molecule has 0 aliphatic rings. The molecular weight excluding hydrogens is 338 g/mol. The van der Waals surface area contributed by atoms with Gasteiger partial charge in [-0.05, 0) is 42.0 Å². The summed E-state index contributed by atoms with van der Waals surface area (Å²) < 4.78 is 28.3. The van der Waals surface area contributed by atoms with Crippen LogP contribution in [0.1, 0.15) is 0 Å². The van der Waals surface area contributed by atoms with Gasteiger partial charge in [-0.1, -0.05) is 24.3 Å². The van der Waals surface area contributed by atoms with Crippen LogP contribution in [0.4, 0.5) is 11.5 Å². The SMILES string of the molecule is COc1ccccc1-c1ccnc(Nc2cccc(S(N)(=O)=O)c2)c1. The van der Waals surface area contributed by atoms with Gasteiger partial charge in [0.15, 0.2) is 0 Å². The fourth-order valence-electron chi connectivity index (χ4n) is 2.45. The quantitative estimate of drug-likeness (QED) is 0.733. The van der Waals surface area contributed by atoms with E-state index in [2.05, 4.69) is 10.3 Å². The number of sulfonamides is 1. The fourth-order valence-corrected chi connectivity index (χ4v) is 3.01. The molecule has 3 aromatic rings. The van der Waals surface area contributed by atoms with E-state index in [1.54, 1.807) is 25.4 Å². The Bertz CT molecular complexity index is 1000. The van der Waals surface area contributed by atoms with Crippen LogP contribution in [0.25, 0.3) is 11.1 Å². The molecule has 0 unspecified atom stereocenters. The summed E-state index contributed by atoms with van der Waals surface area (Å²) in [5.74, 6) is 1.34. The molecular formula is C18H17N3O3S. The highest BCUT2D eigenvalue weighted by Crippen LogP contribution is 2.31. The van der Waals surface area contributed by atoms with E-state index in [0.29, 0.717) is 11.5 Å². The molecule has 0 amide bonds. The van der Waals surface area contributed by atoms with E-state index >= 15 is 0 Å². The number of ether oxygens (including phenoxy) is 1. The zero-order valence-corrected chi connectivity index (χ0v) is 14.3. The summed E-state index contributed by atoms with van der Waals surface area (Å²) in [7, 11) is -2.13. The molecule has 3 N–H and O–H groups in total. The molecule has 128 valence electrons. The van der Waals surface area contributed by atoms with Crippen molar-refractivity contribution in [3.8, 4) is 16.9 Å². The van der Waals surface area contributed by atoms with Crippen molar-refractivity contribution in [1.29, 1.82) is 0 Å². The molecule has 1 aromatic heterocycles. The molecule has 0 bridgehead atoms. The molecule has 0 aliphatic heterocycles. The third kappa shape index (κ3) is 3.96. The Hall–Kier alpha value is -2.90. The van der Waals surface area contributed by atoms with Crippen LogP contribution in [-0.4, -0.2) is 20.5 Å².